The average molecular weight is 494 g/mol. The first-order valence-corrected chi connectivity index (χ1v) is 11.1. The smallest absolute Gasteiger partial charge is 0.329 e. The summed E-state index contributed by atoms with van der Waals surface area (Å²) in [6, 6.07) is 3.53. The van der Waals surface area contributed by atoms with Crippen molar-refractivity contribution in [3.8, 4) is 0 Å². The highest BCUT2D eigenvalue weighted by atomic mass is 19.4. The second-order valence-electron chi connectivity index (χ2n) is 8.93. The number of H-pyrrole nitrogens is 1. The maximum Gasteiger partial charge on any atom is 0.416 e. The summed E-state index contributed by atoms with van der Waals surface area (Å²) in [6.45, 7) is 2.54. The molecular formula is C22H23F5N8. The van der Waals surface area contributed by atoms with E-state index in [2.05, 4.69) is 42.3 Å². The summed E-state index contributed by atoms with van der Waals surface area (Å²) in [5.41, 5.74) is 0.836. The molecule has 2 saturated heterocycles. The minimum absolute atomic E-state index is 0.00269. The van der Waals surface area contributed by atoms with E-state index in [0.717, 1.165) is 36.9 Å². The fraction of sp³-hybridized carbons (Fsp3) is 0.455. The van der Waals surface area contributed by atoms with Crippen LogP contribution in [0.3, 0.4) is 0 Å². The molecule has 2 unspecified atom stereocenters. The molecular weight excluding hydrogens is 471 g/mol. The molecule has 0 bridgehead atoms. The van der Waals surface area contributed by atoms with Crippen LogP contribution in [-0.4, -0.2) is 62.2 Å². The lowest BCUT2D eigenvalue weighted by molar-refractivity contribution is -0.137. The van der Waals surface area contributed by atoms with Crippen LogP contribution in [-0.2, 0) is 6.18 Å². The van der Waals surface area contributed by atoms with E-state index < -0.39 is 30.8 Å². The average Bonchev–Trinajstić information content (AvgIpc) is 3.49. The van der Waals surface area contributed by atoms with E-state index in [9.17, 15) is 22.0 Å². The number of nitrogens with zero attached hydrogens (tertiary/aromatic N) is 6. The number of aromatic nitrogens is 5. The second kappa shape index (κ2) is 8.70. The summed E-state index contributed by atoms with van der Waals surface area (Å²) in [7, 11) is 0. The lowest BCUT2D eigenvalue weighted by Gasteiger charge is -2.38. The van der Waals surface area contributed by atoms with Crippen LogP contribution in [0.25, 0.3) is 0 Å². The molecule has 2 N–H and O–H groups in total. The topological polar surface area (TPSA) is 85.9 Å². The zero-order valence-electron chi connectivity index (χ0n) is 18.7. The molecule has 186 valence electrons. The fourth-order valence-electron chi connectivity index (χ4n) is 4.41. The number of hydrogen-bond acceptors (Lipinski definition) is 7. The van der Waals surface area contributed by atoms with E-state index in [1.165, 1.54) is 4.90 Å². The Morgan fingerprint density at radius 3 is 2.66 bits per heavy atom. The van der Waals surface area contributed by atoms with Crippen LogP contribution in [0.4, 0.5) is 39.5 Å². The van der Waals surface area contributed by atoms with E-state index in [0.29, 0.717) is 12.2 Å². The number of rotatable bonds is 6. The highest BCUT2D eigenvalue weighted by molar-refractivity contribution is 5.56. The Kier molecular flexibility index (Phi) is 5.82. The van der Waals surface area contributed by atoms with Gasteiger partial charge in [0.2, 0.25) is 5.95 Å². The van der Waals surface area contributed by atoms with Gasteiger partial charge in [0, 0.05) is 42.5 Å². The summed E-state index contributed by atoms with van der Waals surface area (Å²) >= 11 is 0. The number of anilines is 3. The molecule has 35 heavy (non-hydrogen) atoms. The Morgan fingerprint density at radius 2 is 1.97 bits per heavy atom. The Hall–Kier alpha value is -3.35. The van der Waals surface area contributed by atoms with E-state index in [1.807, 2.05) is 6.20 Å². The normalized spacial score (nSPS) is 21.1. The van der Waals surface area contributed by atoms with Crippen molar-refractivity contribution in [2.24, 2.45) is 0 Å². The van der Waals surface area contributed by atoms with Crippen molar-refractivity contribution in [2.45, 2.75) is 37.4 Å². The molecule has 0 aliphatic carbocycles. The molecule has 2 fully saturated rings. The van der Waals surface area contributed by atoms with E-state index in [-0.39, 0.29) is 29.5 Å². The van der Waals surface area contributed by atoms with Gasteiger partial charge in [-0.15, -0.1) is 0 Å². The third kappa shape index (κ3) is 5.04. The standard InChI is InChI=1S/C22H23F5N8/c1-13(15-8-29-30-9-15)34-5-3-14(10-34)17-7-19(33-20(31-17)35-11-21(23,24)12-35)32-18-6-16(2-4-28-18)22(25,26)27/h2,4,6-9,13-14H,3,5,10-12H2,1H3,(H,29,30)(H,28,31,32,33). The number of pyridine rings is 1. The first-order valence-electron chi connectivity index (χ1n) is 11.1. The van der Waals surface area contributed by atoms with Crippen molar-refractivity contribution in [1.82, 2.24) is 30.0 Å². The van der Waals surface area contributed by atoms with Crippen molar-refractivity contribution in [2.75, 3.05) is 36.4 Å². The second-order valence-corrected chi connectivity index (χ2v) is 8.93. The summed E-state index contributed by atoms with van der Waals surface area (Å²) < 4.78 is 66.3. The van der Waals surface area contributed by atoms with Gasteiger partial charge in [-0.2, -0.15) is 23.3 Å². The number of likely N-dealkylation sites (tertiary alicyclic amines) is 1. The van der Waals surface area contributed by atoms with E-state index in [4.69, 9.17) is 0 Å². The molecule has 0 amide bonds. The van der Waals surface area contributed by atoms with Crippen LogP contribution < -0.4 is 10.2 Å². The Balaban J connectivity index is 1.40. The van der Waals surface area contributed by atoms with Crippen molar-refractivity contribution < 1.29 is 22.0 Å². The molecule has 2 aliphatic heterocycles. The van der Waals surface area contributed by atoms with Crippen LogP contribution in [0.15, 0.2) is 36.8 Å². The summed E-state index contributed by atoms with van der Waals surface area (Å²) in [5, 5.41) is 9.61. The van der Waals surface area contributed by atoms with Crippen LogP contribution in [0.2, 0.25) is 0 Å². The van der Waals surface area contributed by atoms with Gasteiger partial charge in [0.25, 0.3) is 5.92 Å². The number of alkyl halides is 5. The predicted octanol–water partition coefficient (Wildman–Crippen LogP) is 4.36. The highest BCUT2D eigenvalue weighted by Crippen LogP contribution is 2.36. The summed E-state index contributed by atoms with van der Waals surface area (Å²) in [4.78, 5) is 16.4. The fourth-order valence-corrected chi connectivity index (χ4v) is 4.41. The van der Waals surface area contributed by atoms with Gasteiger partial charge >= 0.3 is 6.18 Å². The predicted molar refractivity (Wildman–Crippen MR) is 118 cm³/mol. The van der Waals surface area contributed by atoms with Crippen LogP contribution >= 0.6 is 0 Å². The first kappa shape index (κ1) is 23.4. The molecule has 0 spiro atoms. The van der Waals surface area contributed by atoms with Crippen LogP contribution in [0.5, 0.6) is 0 Å². The molecule has 5 heterocycles. The molecule has 3 aromatic rings. The van der Waals surface area contributed by atoms with Crippen molar-refractivity contribution in [3.63, 3.8) is 0 Å². The van der Waals surface area contributed by atoms with Gasteiger partial charge in [0.1, 0.15) is 11.6 Å². The Morgan fingerprint density at radius 1 is 1.17 bits per heavy atom. The Bertz CT molecular complexity index is 1170. The molecule has 13 heteroatoms. The van der Waals surface area contributed by atoms with Crippen molar-refractivity contribution >= 4 is 17.6 Å². The molecule has 5 rings (SSSR count). The lowest BCUT2D eigenvalue weighted by Crippen LogP contribution is -2.57. The first-order chi connectivity index (χ1) is 16.6. The van der Waals surface area contributed by atoms with Gasteiger partial charge in [-0.3, -0.25) is 10.00 Å². The Labute approximate surface area is 197 Å². The molecule has 3 aromatic heterocycles. The third-order valence-electron chi connectivity index (χ3n) is 6.39. The van der Waals surface area contributed by atoms with Gasteiger partial charge in [0.15, 0.2) is 0 Å². The van der Waals surface area contributed by atoms with Gasteiger partial charge in [-0.25, -0.2) is 18.7 Å². The molecule has 0 aromatic carbocycles. The number of hydrogen-bond donors (Lipinski definition) is 2. The molecule has 0 radical (unpaired) electrons. The maximum absolute atomic E-state index is 13.5. The van der Waals surface area contributed by atoms with E-state index >= 15 is 0 Å². The number of nitrogens with one attached hydrogen (secondary N) is 2. The molecule has 2 aliphatic rings. The minimum atomic E-state index is -4.52. The molecule has 0 saturated carbocycles. The van der Waals surface area contributed by atoms with Gasteiger partial charge in [-0.1, -0.05) is 0 Å². The number of aromatic amines is 1. The van der Waals surface area contributed by atoms with Gasteiger partial charge < -0.3 is 10.2 Å². The summed E-state index contributed by atoms with van der Waals surface area (Å²) in [6.07, 6.45) is 0.930. The van der Waals surface area contributed by atoms with Crippen molar-refractivity contribution in [1.29, 1.82) is 0 Å². The number of halogens is 5. The SMILES string of the molecule is CC(c1cn[nH]c1)N1CCC(c2cc(Nc3cc(C(F)(F)F)ccn3)nc(N3CC(F)(F)C3)n2)C1. The van der Waals surface area contributed by atoms with Crippen LogP contribution in [0, 0.1) is 0 Å². The molecule has 8 nitrogen and oxygen atoms in total. The lowest BCUT2D eigenvalue weighted by atomic mass is 10.0. The van der Waals surface area contributed by atoms with Gasteiger partial charge in [0.05, 0.1) is 30.5 Å². The maximum atomic E-state index is 13.5. The highest BCUT2D eigenvalue weighted by Gasteiger charge is 2.45. The van der Waals surface area contributed by atoms with Gasteiger partial charge in [-0.05, 0) is 32.0 Å². The van der Waals surface area contributed by atoms with Crippen LogP contribution in [0.1, 0.15) is 42.1 Å². The summed E-state index contributed by atoms with van der Waals surface area (Å²) in [5.74, 6) is -2.55. The monoisotopic (exact) mass is 494 g/mol. The quantitative estimate of drug-likeness (QED) is 0.493. The zero-order valence-corrected chi connectivity index (χ0v) is 18.7. The van der Waals surface area contributed by atoms with Crippen molar-refractivity contribution in [3.05, 3.63) is 53.6 Å². The van der Waals surface area contributed by atoms with E-state index in [1.54, 1.807) is 12.3 Å². The largest absolute Gasteiger partial charge is 0.416 e. The minimum Gasteiger partial charge on any atom is -0.329 e. The molecule has 2 atom stereocenters. The third-order valence-corrected chi connectivity index (χ3v) is 6.39. The zero-order chi connectivity index (χ0) is 24.8.